The molecule has 0 saturated carbocycles. The molecule has 0 unspecified atom stereocenters. The maximum atomic E-state index is 8.92. The fourth-order valence-corrected chi connectivity index (χ4v) is 2.41. The van der Waals surface area contributed by atoms with Gasteiger partial charge in [-0.3, -0.25) is 0 Å². The average Bonchev–Trinajstić information content (AvgIpc) is 2.76. The number of ether oxygens (including phenoxy) is 1. The van der Waals surface area contributed by atoms with Crippen LogP contribution in [0.3, 0.4) is 0 Å². The Kier molecular flexibility index (Phi) is 3.59. The number of aromatic nitrogens is 1. The van der Waals surface area contributed by atoms with Crippen LogP contribution in [-0.4, -0.2) is 29.2 Å². The summed E-state index contributed by atoms with van der Waals surface area (Å²) < 4.78 is 5.75. The Bertz CT molecular complexity index is 672. The minimum Gasteiger partial charge on any atom is -0.491 e. The number of benzene rings is 1. The fourth-order valence-electron chi connectivity index (χ4n) is 2.41. The van der Waals surface area contributed by atoms with Crippen molar-refractivity contribution in [3.8, 4) is 5.75 Å². The van der Waals surface area contributed by atoms with E-state index in [4.69, 9.17) is 15.7 Å². The molecule has 6 heteroatoms. The van der Waals surface area contributed by atoms with Crippen LogP contribution in [-0.2, 0) is 6.54 Å². The summed E-state index contributed by atoms with van der Waals surface area (Å²) in [6.45, 7) is 1.90. The molecule has 0 bridgehead atoms. The molecule has 21 heavy (non-hydrogen) atoms. The van der Waals surface area contributed by atoms with Crippen molar-refractivity contribution in [2.75, 3.05) is 18.1 Å². The van der Waals surface area contributed by atoms with Crippen LogP contribution in [0.2, 0.25) is 0 Å². The van der Waals surface area contributed by atoms with Crippen LogP contribution in [0.15, 0.2) is 47.8 Å². The van der Waals surface area contributed by atoms with Gasteiger partial charge in [0, 0.05) is 18.3 Å². The molecule has 1 aromatic carbocycles. The summed E-state index contributed by atoms with van der Waals surface area (Å²) in [6, 6.07) is 11.5. The van der Waals surface area contributed by atoms with E-state index in [-0.39, 0.29) is 5.84 Å². The van der Waals surface area contributed by atoms with Gasteiger partial charge >= 0.3 is 0 Å². The summed E-state index contributed by atoms with van der Waals surface area (Å²) >= 11 is 0. The molecule has 1 aliphatic rings. The van der Waals surface area contributed by atoms with Gasteiger partial charge in [0.05, 0.1) is 12.1 Å². The summed E-state index contributed by atoms with van der Waals surface area (Å²) in [7, 11) is 0. The summed E-state index contributed by atoms with van der Waals surface area (Å²) in [5, 5.41) is 12.0. The molecule has 3 rings (SSSR count). The smallest absolute Gasteiger partial charge is 0.173 e. The molecule has 0 amide bonds. The SMILES string of the molecule is NC(=NO)c1cccnc1N1CCOc2ccccc2C1. The fraction of sp³-hybridized carbons (Fsp3) is 0.200. The number of hydrogen-bond acceptors (Lipinski definition) is 5. The van der Waals surface area contributed by atoms with Crippen LogP contribution >= 0.6 is 0 Å². The predicted octanol–water partition coefficient (Wildman–Crippen LogP) is 1.58. The van der Waals surface area contributed by atoms with Gasteiger partial charge in [0.1, 0.15) is 18.2 Å². The van der Waals surface area contributed by atoms with Crippen molar-refractivity contribution in [3.05, 3.63) is 53.7 Å². The van der Waals surface area contributed by atoms with Crippen molar-refractivity contribution in [1.29, 1.82) is 0 Å². The van der Waals surface area contributed by atoms with Crippen LogP contribution in [0.5, 0.6) is 5.75 Å². The highest BCUT2D eigenvalue weighted by molar-refractivity contribution is 6.01. The number of hydrogen-bond donors (Lipinski definition) is 2. The first-order valence-corrected chi connectivity index (χ1v) is 6.68. The third-order valence-electron chi connectivity index (χ3n) is 3.42. The summed E-state index contributed by atoms with van der Waals surface area (Å²) in [6.07, 6.45) is 1.70. The second kappa shape index (κ2) is 5.70. The Morgan fingerprint density at radius 3 is 3.00 bits per heavy atom. The van der Waals surface area contributed by atoms with E-state index in [1.807, 2.05) is 24.3 Å². The van der Waals surface area contributed by atoms with Gasteiger partial charge in [0.15, 0.2) is 5.84 Å². The molecule has 108 valence electrons. The van der Waals surface area contributed by atoms with Crippen LogP contribution in [0.4, 0.5) is 5.82 Å². The highest BCUT2D eigenvalue weighted by Gasteiger charge is 2.19. The van der Waals surface area contributed by atoms with E-state index in [0.717, 1.165) is 11.3 Å². The first-order valence-electron chi connectivity index (χ1n) is 6.68. The molecule has 1 aromatic heterocycles. The van der Waals surface area contributed by atoms with Crippen molar-refractivity contribution >= 4 is 11.7 Å². The van der Waals surface area contributed by atoms with Gasteiger partial charge in [-0.2, -0.15) is 0 Å². The molecule has 2 heterocycles. The third-order valence-corrected chi connectivity index (χ3v) is 3.42. The average molecular weight is 284 g/mol. The number of pyridine rings is 1. The minimum atomic E-state index is 0.0524. The molecule has 6 nitrogen and oxygen atoms in total. The zero-order valence-electron chi connectivity index (χ0n) is 11.4. The van der Waals surface area contributed by atoms with E-state index in [1.54, 1.807) is 18.3 Å². The molecule has 0 fully saturated rings. The second-order valence-corrected chi connectivity index (χ2v) is 4.74. The lowest BCUT2D eigenvalue weighted by atomic mass is 10.1. The molecule has 0 aliphatic carbocycles. The van der Waals surface area contributed by atoms with Gasteiger partial charge < -0.3 is 20.6 Å². The lowest BCUT2D eigenvalue weighted by Gasteiger charge is -2.23. The van der Waals surface area contributed by atoms with Gasteiger partial charge in [0.2, 0.25) is 0 Å². The highest BCUT2D eigenvalue weighted by atomic mass is 16.5. The highest BCUT2D eigenvalue weighted by Crippen LogP contribution is 2.26. The van der Waals surface area contributed by atoms with Gasteiger partial charge in [-0.25, -0.2) is 4.98 Å². The van der Waals surface area contributed by atoms with Crippen molar-refractivity contribution in [3.63, 3.8) is 0 Å². The van der Waals surface area contributed by atoms with E-state index in [2.05, 4.69) is 15.0 Å². The van der Waals surface area contributed by atoms with E-state index < -0.39 is 0 Å². The first-order chi connectivity index (χ1) is 10.3. The van der Waals surface area contributed by atoms with Crippen LogP contribution < -0.4 is 15.4 Å². The van der Waals surface area contributed by atoms with Gasteiger partial charge in [-0.05, 0) is 18.2 Å². The Balaban J connectivity index is 1.98. The maximum Gasteiger partial charge on any atom is 0.173 e. The number of para-hydroxylation sites is 1. The maximum absolute atomic E-state index is 8.92. The number of nitrogens with zero attached hydrogens (tertiary/aromatic N) is 3. The Morgan fingerprint density at radius 1 is 1.29 bits per heavy atom. The summed E-state index contributed by atoms with van der Waals surface area (Å²) in [5.74, 6) is 1.63. The van der Waals surface area contributed by atoms with Crippen LogP contribution in [0.1, 0.15) is 11.1 Å². The first kappa shape index (κ1) is 13.2. The normalized spacial score (nSPS) is 15.0. The lowest BCUT2D eigenvalue weighted by molar-refractivity contribution is 0.318. The number of oxime groups is 1. The molecule has 0 atom stereocenters. The number of fused-ring (bicyclic) bond motifs is 1. The number of amidine groups is 1. The molecule has 0 spiro atoms. The number of anilines is 1. The zero-order valence-corrected chi connectivity index (χ0v) is 11.4. The van der Waals surface area contributed by atoms with Crippen molar-refractivity contribution in [2.45, 2.75) is 6.54 Å². The monoisotopic (exact) mass is 284 g/mol. The van der Waals surface area contributed by atoms with E-state index >= 15 is 0 Å². The predicted molar refractivity (Wildman–Crippen MR) is 79.7 cm³/mol. The Hall–Kier alpha value is -2.76. The van der Waals surface area contributed by atoms with Gasteiger partial charge in [-0.1, -0.05) is 23.4 Å². The molecule has 0 radical (unpaired) electrons. The van der Waals surface area contributed by atoms with Crippen molar-refractivity contribution in [1.82, 2.24) is 4.98 Å². The molecule has 2 aromatic rings. The standard InChI is InChI=1S/C15H16N4O2/c16-14(18-20)12-5-3-7-17-15(12)19-8-9-21-13-6-2-1-4-11(13)10-19/h1-7,20H,8-10H2,(H2,16,18). The Morgan fingerprint density at radius 2 is 2.14 bits per heavy atom. The van der Waals surface area contributed by atoms with E-state index in [9.17, 15) is 0 Å². The zero-order chi connectivity index (χ0) is 14.7. The van der Waals surface area contributed by atoms with E-state index in [0.29, 0.717) is 31.1 Å². The molecule has 3 N–H and O–H groups in total. The van der Waals surface area contributed by atoms with Gasteiger partial charge in [-0.15, -0.1) is 0 Å². The van der Waals surface area contributed by atoms with Gasteiger partial charge in [0.25, 0.3) is 0 Å². The quantitative estimate of drug-likeness (QED) is 0.378. The molecule has 1 aliphatic heterocycles. The van der Waals surface area contributed by atoms with Crippen LogP contribution in [0, 0.1) is 0 Å². The van der Waals surface area contributed by atoms with E-state index in [1.165, 1.54) is 0 Å². The molecule has 0 saturated heterocycles. The molecular formula is C15H16N4O2. The minimum absolute atomic E-state index is 0.0524. The largest absolute Gasteiger partial charge is 0.491 e. The second-order valence-electron chi connectivity index (χ2n) is 4.74. The van der Waals surface area contributed by atoms with Crippen LogP contribution in [0.25, 0.3) is 0 Å². The number of nitrogens with two attached hydrogens (primary N) is 1. The van der Waals surface area contributed by atoms with Crippen molar-refractivity contribution < 1.29 is 9.94 Å². The Labute approximate surface area is 122 Å². The molecular weight excluding hydrogens is 268 g/mol. The summed E-state index contributed by atoms with van der Waals surface area (Å²) in [4.78, 5) is 6.45. The number of rotatable bonds is 2. The third kappa shape index (κ3) is 2.60. The summed E-state index contributed by atoms with van der Waals surface area (Å²) in [5.41, 5.74) is 7.44. The lowest BCUT2D eigenvalue weighted by Crippen LogP contribution is -2.29. The topological polar surface area (TPSA) is 84.0 Å². The van der Waals surface area contributed by atoms with Crippen molar-refractivity contribution in [2.24, 2.45) is 10.9 Å².